The van der Waals surface area contributed by atoms with E-state index in [0.29, 0.717) is 24.4 Å². The third-order valence-corrected chi connectivity index (χ3v) is 6.84. The lowest BCUT2D eigenvalue weighted by Gasteiger charge is -2.39. The number of ether oxygens (including phenoxy) is 1. The number of nitrogens with zero attached hydrogens (tertiary/aromatic N) is 2. The number of halogens is 1. The molecule has 33 heavy (non-hydrogen) atoms. The Hall–Kier alpha value is -3.66. The number of hydrogen-bond donors (Lipinski definition) is 1. The van der Waals surface area contributed by atoms with Crippen LogP contribution in [0.4, 0.5) is 10.1 Å². The molecule has 2 aromatic carbocycles. The number of nitrogens with one attached hydrogen (secondary N) is 1. The van der Waals surface area contributed by atoms with Crippen LogP contribution in [-0.4, -0.2) is 43.0 Å². The van der Waals surface area contributed by atoms with Crippen LogP contribution in [0.3, 0.4) is 0 Å². The van der Waals surface area contributed by atoms with Crippen LogP contribution in [0.5, 0.6) is 5.75 Å². The molecule has 4 rings (SSSR count). The quantitative estimate of drug-likeness (QED) is 0.596. The van der Waals surface area contributed by atoms with Gasteiger partial charge in [-0.05, 0) is 49.4 Å². The summed E-state index contributed by atoms with van der Waals surface area (Å²) in [5, 5.41) is 0. The molecular weight excluding hydrogens is 449 g/mol. The van der Waals surface area contributed by atoms with Gasteiger partial charge in [0.1, 0.15) is 22.6 Å². The van der Waals surface area contributed by atoms with Crippen molar-refractivity contribution >= 4 is 21.6 Å². The highest BCUT2D eigenvalue weighted by atomic mass is 32.2. The molecular formula is C23H22FN3O5S. The summed E-state index contributed by atoms with van der Waals surface area (Å²) >= 11 is 0. The van der Waals surface area contributed by atoms with Crippen molar-refractivity contribution in [2.75, 3.05) is 17.8 Å². The number of hydrogen-bond acceptors (Lipinski definition) is 5. The normalized spacial score (nSPS) is 14.0. The van der Waals surface area contributed by atoms with Gasteiger partial charge in [-0.1, -0.05) is 12.1 Å². The highest BCUT2D eigenvalue weighted by Gasteiger charge is 2.33. The summed E-state index contributed by atoms with van der Waals surface area (Å²) in [7, 11) is -2.41. The zero-order valence-corrected chi connectivity index (χ0v) is 18.8. The number of likely N-dealkylation sites (tertiary alicyclic amines) is 1. The molecule has 0 spiro atoms. The molecule has 0 unspecified atom stereocenters. The Morgan fingerprint density at radius 1 is 1.09 bits per heavy atom. The highest BCUT2D eigenvalue weighted by Crippen LogP contribution is 2.22. The SMILES string of the molecule is Cc1cc(OC2CN(C(=O)c3ccc(NS(=O)(=O)c4ccccc4F)cc3)C2)cc(=O)n1C. The van der Waals surface area contributed by atoms with Gasteiger partial charge < -0.3 is 14.2 Å². The van der Waals surface area contributed by atoms with E-state index in [1.165, 1.54) is 53.1 Å². The summed E-state index contributed by atoms with van der Waals surface area (Å²) in [6.07, 6.45) is -0.215. The lowest BCUT2D eigenvalue weighted by atomic mass is 10.1. The van der Waals surface area contributed by atoms with Crippen molar-refractivity contribution in [3.05, 3.63) is 88.1 Å². The summed E-state index contributed by atoms with van der Waals surface area (Å²) < 4.78 is 48.2. The van der Waals surface area contributed by atoms with Crippen LogP contribution < -0.4 is 15.0 Å². The second-order valence-corrected chi connectivity index (χ2v) is 9.44. The molecule has 0 aliphatic carbocycles. The Kier molecular flexibility index (Phi) is 5.94. The van der Waals surface area contributed by atoms with Crippen LogP contribution in [0.15, 0.2) is 70.4 Å². The predicted molar refractivity (Wildman–Crippen MR) is 120 cm³/mol. The van der Waals surface area contributed by atoms with E-state index < -0.39 is 20.7 Å². The Labute approximate surface area is 190 Å². The molecule has 0 atom stereocenters. The van der Waals surface area contributed by atoms with Crippen molar-refractivity contribution in [1.29, 1.82) is 0 Å². The van der Waals surface area contributed by atoms with Crippen molar-refractivity contribution in [2.24, 2.45) is 7.05 Å². The van der Waals surface area contributed by atoms with Crippen LogP contribution in [-0.2, 0) is 17.1 Å². The Morgan fingerprint density at radius 2 is 1.76 bits per heavy atom. The number of anilines is 1. The average Bonchev–Trinajstić information content (AvgIpc) is 2.74. The fourth-order valence-corrected chi connectivity index (χ4v) is 4.55. The Morgan fingerprint density at radius 3 is 2.39 bits per heavy atom. The maximum Gasteiger partial charge on any atom is 0.264 e. The third kappa shape index (κ3) is 4.75. The molecule has 0 bridgehead atoms. The van der Waals surface area contributed by atoms with Gasteiger partial charge in [0.2, 0.25) is 0 Å². The largest absolute Gasteiger partial charge is 0.486 e. The zero-order chi connectivity index (χ0) is 23.8. The Balaban J connectivity index is 1.36. The zero-order valence-electron chi connectivity index (χ0n) is 18.0. The summed E-state index contributed by atoms with van der Waals surface area (Å²) in [5.41, 5.74) is 1.20. The van der Waals surface area contributed by atoms with E-state index in [2.05, 4.69) is 4.72 Å². The summed E-state index contributed by atoms with van der Waals surface area (Å²) in [4.78, 5) is 25.7. The van der Waals surface area contributed by atoms with Gasteiger partial charge >= 0.3 is 0 Å². The fraction of sp³-hybridized carbons (Fsp3) is 0.217. The van der Waals surface area contributed by atoms with Gasteiger partial charge in [-0.25, -0.2) is 12.8 Å². The van der Waals surface area contributed by atoms with Gasteiger partial charge in [0.15, 0.2) is 0 Å². The molecule has 3 aromatic rings. The van der Waals surface area contributed by atoms with Crippen molar-refractivity contribution in [1.82, 2.24) is 9.47 Å². The van der Waals surface area contributed by atoms with Crippen molar-refractivity contribution in [3.63, 3.8) is 0 Å². The predicted octanol–water partition coefficient (Wildman–Crippen LogP) is 2.54. The second-order valence-electron chi connectivity index (χ2n) is 7.79. The highest BCUT2D eigenvalue weighted by molar-refractivity contribution is 7.92. The van der Waals surface area contributed by atoms with E-state index in [1.807, 2.05) is 6.92 Å². The number of benzene rings is 2. The molecule has 1 fully saturated rings. The maximum absolute atomic E-state index is 13.8. The monoisotopic (exact) mass is 471 g/mol. The van der Waals surface area contributed by atoms with Gasteiger partial charge in [-0.3, -0.25) is 14.3 Å². The Bertz CT molecular complexity index is 1360. The third-order valence-electron chi connectivity index (χ3n) is 5.42. The van der Waals surface area contributed by atoms with Crippen molar-refractivity contribution in [2.45, 2.75) is 17.9 Å². The summed E-state index contributed by atoms with van der Waals surface area (Å²) in [6, 6.07) is 14.2. The molecule has 0 saturated carbocycles. The van der Waals surface area contributed by atoms with Gasteiger partial charge in [0.05, 0.1) is 13.1 Å². The van der Waals surface area contributed by atoms with Crippen LogP contribution in [0.1, 0.15) is 16.1 Å². The van der Waals surface area contributed by atoms with Crippen molar-refractivity contribution < 1.29 is 22.3 Å². The second kappa shape index (κ2) is 8.70. The maximum atomic E-state index is 13.8. The topological polar surface area (TPSA) is 97.7 Å². The first kappa shape index (κ1) is 22.5. The molecule has 1 aliphatic rings. The minimum Gasteiger partial charge on any atom is -0.486 e. The van der Waals surface area contributed by atoms with Crippen LogP contribution in [0, 0.1) is 12.7 Å². The average molecular weight is 472 g/mol. The number of carbonyl (C=O) groups is 1. The van der Waals surface area contributed by atoms with E-state index >= 15 is 0 Å². The summed E-state index contributed by atoms with van der Waals surface area (Å²) in [5.74, 6) is -0.602. The van der Waals surface area contributed by atoms with Crippen LogP contribution >= 0.6 is 0 Å². The molecule has 1 aromatic heterocycles. The molecule has 1 amide bonds. The molecule has 10 heteroatoms. The fourth-order valence-electron chi connectivity index (χ4n) is 3.41. The molecule has 0 radical (unpaired) electrons. The van der Waals surface area contributed by atoms with E-state index in [0.717, 1.165) is 11.8 Å². The number of pyridine rings is 1. The molecule has 1 aliphatic heterocycles. The van der Waals surface area contributed by atoms with Gasteiger partial charge in [-0.2, -0.15) is 0 Å². The minimum absolute atomic E-state index is 0.164. The number of rotatable bonds is 6. The number of aryl methyl sites for hydroxylation is 1. The van der Waals surface area contributed by atoms with E-state index in [-0.39, 0.29) is 23.3 Å². The lowest BCUT2D eigenvalue weighted by Crippen LogP contribution is -2.56. The summed E-state index contributed by atoms with van der Waals surface area (Å²) in [6.45, 7) is 2.55. The first-order valence-corrected chi connectivity index (χ1v) is 11.6. The minimum atomic E-state index is -4.09. The molecule has 1 saturated heterocycles. The van der Waals surface area contributed by atoms with Gasteiger partial charge in [-0.15, -0.1) is 0 Å². The number of amides is 1. The number of sulfonamides is 1. The first-order chi connectivity index (χ1) is 15.6. The van der Waals surface area contributed by atoms with E-state index in [9.17, 15) is 22.4 Å². The number of aromatic nitrogens is 1. The van der Waals surface area contributed by atoms with Crippen molar-refractivity contribution in [3.8, 4) is 5.75 Å². The lowest BCUT2D eigenvalue weighted by molar-refractivity contribution is 0.0176. The van der Waals surface area contributed by atoms with Gasteiger partial charge in [0.25, 0.3) is 21.5 Å². The van der Waals surface area contributed by atoms with Gasteiger partial charge in [0, 0.05) is 30.1 Å². The molecule has 8 nitrogen and oxygen atoms in total. The van der Waals surface area contributed by atoms with E-state index in [1.54, 1.807) is 18.0 Å². The molecule has 2 heterocycles. The molecule has 1 N–H and O–H groups in total. The molecule has 172 valence electrons. The number of carbonyl (C=O) groups excluding carboxylic acids is 1. The first-order valence-electron chi connectivity index (χ1n) is 10.1. The standard InChI is InChI=1S/C23H22FN3O5S/c1-15-11-18(12-22(28)26(15)2)32-19-13-27(14-19)23(29)16-7-9-17(10-8-16)25-33(30,31)21-6-4-3-5-20(21)24/h3-12,19,25H,13-14H2,1-2H3. The van der Waals surface area contributed by atoms with Crippen LogP contribution in [0.2, 0.25) is 0 Å². The van der Waals surface area contributed by atoms with E-state index in [4.69, 9.17) is 4.74 Å². The smallest absolute Gasteiger partial charge is 0.264 e. The van der Waals surface area contributed by atoms with Crippen LogP contribution in [0.25, 0.3) is 0 Å².